The lowest BCUT2D eigenvalue weighted by Gasteiger charge is -2.35. The van der Waals surface area contributed by atoms with Crippen molar-refractivity contribution in [2.75, 3.05) is 19.6 Å². The molecule has 3 N–H and O–H groups in total. The molecule has 2 atom stereocenters. The first-order valence-electron chi connectivity index (χ1n) is 6.96. The first-order chi connectivity index (χ1) is 9.43. The zero-order valence-electron chi connectivity index (χ0n) is 11.8. The topological polar surface area (TPSA) is 72.8 Å². The molecule has 3 rings (SSSR count). The number of carbonyl (C=O) groups is 1. The molecule has 0 radical (unpaired) electrons. The van der Waals surface area contributed by atoms with Gasteiger partial charge in [0.2, 0.25) is 0 Å². The number of carbonyl (C=O) groups excluding carboxylic acids is 1. The van der Waals surface area contributed by atoms with Gasteiger partial charge >= 0.3 is 0 Å². The lowest BCUT2D eigenvalue weighted by atomic mass is 9.84. The predicted octanol–water partition coefficient (Wildman–Crippen LogP) is 1.17. The summed E-state index contributed by atoms with van der Waals surface area (Å²) >= 11 is 0. The Morgan fingerprint density at radius 1 is 1.30 bits per heavy atom. The third-order valence-corrected chi connectivity index (χ3v) is 4.84. The van der Waals surface area contributed by atoms with Crippen LogP contribution in [0.15, 0.2) is 18.2 Å². The average molecular weight is 276 g/mol. The maximum absolute atomic E-state index is 12.7. The summed E-state index contributed by atoms with van der Waals surface area (Å²) in [5.41, 5.74) is -0.270. The van der Waals surface area contributed by atoms with Crippen LogP contribution >= 0.6 is 0 Å². The van der Waals surface area contributed by atoms with Crippen LogP contribution in [0.4, 0.5) is 0 Å². The van der Waals surface area contributed by atoms with E-state index in [0.29, 0.717) is 18.4 Å². The summed E-state index contributed by atoms with van der Waals surface area (Å²) < 4.78 is 0. The number of rotatable bonds is 1. The van der Waals surface area contributed by atoms with Crippen LogP contribution in [-0.2, 0) is 0 Å². The van der Waals surface area contributed by atoms with Crippen molar-refractivity contribution in [3.8, 4) is 11.5 Å². The molecule has 1 aromatic carbocycles. The highest BCUT2D eigenvalue weighted by molar-refractivity contribution is 6.00. The second-order valence-corrected chi connectivity index (χ2v) is 6.27. The van der Waals surface area contributed by atoms with Gasteiger partial charge in [-0.25, -0.2) is 0 Å². The lowest BCUT2D eigenvalue weighted by molar-refractivity contribution is 0.0597. The minimum Gasteiger partial charge on any atom is -0.507 e. The lowest BCUT2D eigenvalue weighted by Crippen LogP contribution is -2.47. The van der Waals surface area contributed by atoms with Gasteiger partial charge in [0, 0.05) is 25.2 Å². The summed E-state index contributed by atoms with van der Waals surface area (Å²) in [6.45, 7) is 6.61. The molecule has 5 heteroatoms. The van der Waals surface area contributed by atoms with Crippen LogP contribution < -0.4 is 5.32 Å². The van der Waals surface area contributed by atoms with Gasteiger partial charge in [0.15, 0.2) is 0 Å². The molecule has 20 heavy (non-hydrogen) atoms. The van der Waals surface area contributed by atoms with E-state index in [9.17, 15) is 15.0 Å². The van der Waals surface area contributed by atoms with Crippen LogP contribution in [0.1, 0.15) is 24.2 Å². The van der Waals surface area contributed by atoms with Crippen molar-refractivity contribution in [2.45, 2.75) is 19.4 Å². The molecule has 2 saturated heterocycles. The minimum absolute atomic E-state index is 0.00788. The fourth-order valence-electron chi connectivity index (χ4n) is 3.65. The van der Waals surface area contributed by atoms with E-state index in [4.69, 9.17) is 0 Å². The molecular formula is C15H20N2O3. The minimum atomic E-state index is -0.292. The molecule has 2 aliphatic heterocycles. The molecule has 2 heterocycles. The van der Waals surface area contributed by atoms with E-state index in [-0.39, 0.29) is 28.5 Å². The summed E-state index contributed by atoms with van der Waals surface area (Å²) in [5, 5.41) is 23.1. The highest BCUT2D eigenvalue weighted by atomic mass is 16.3. The molecule has 1 amide bonds. The van der Waals surface area contributed by atoms with Crippen LogP contribution in [0, 0.1) is 11.8 Å². The average Bonchev–Trinajstić information content (AvgIpc) is 2.91. The van der Waals surface area contributed by atoms with Gasteiger partial charge in [-0.05, 0) is 37.8 Å². The zero-order valence-corrected chi connectivity index (χ0v) is 11.8. The fourth-order valence-corrected chi connectivity index (χ4v) is 3.65. The summed E-state index contributed by atoms with van der Waals surface area (Å²) in [6.07, 6.45) is 0. The Labute approximate surface area is 118 Å². The Bertz CT molecular complexity index is 536. The van der Waals surface area contributed by atoms with Gasteiger partial charge in [-0.15, -0.1) is 0 Å². The molecule has 2 unspecified atom stereocenters. The Balaban J connectivity index is 1.96. The van der Waals surface area contributed by atoms with Gasteiger partial charge in [0.25, 0.3) is 5.91 Å². The molecule has 0 spiro atoms. The molecule has 2 aliphatic rings. The van der Waals surface area contributed by atoms with Gasteiger partial charge in [0.05, 0.1) is 0 Å². The largest absolute Gasteiger partial charge is 0.507 e. The summed E-state index contributed by atoms with van der Waals surface area (Å²) in [4.78, 5) is 14.5. The van der Waals surface area contributed by atoms with E-state index >= 15 is 0 Å². The molecular weight excluding hydrogens is 256 g/mol. The van der Waals surface area contributed by atoms with Gasteiger partial charge < -0.3 is 20.4 Å². The molecule has 5 nitrogen and oxygen atoms in total. The number of nitrogens with zero attached hydrogens (tertiary/aromatic N) is 1. The van der Waals surface area contributed by atoms with E-state index in [1.54, 1.807) is 4.90 Å². The SMILES string of the molecule is CC1(C)C2CNCC2CN1C(=O)c1c(O)cccc1O. The molecule has 0 bridgehead atoms. The molecule has 0 saturated carbocycles. The van der Waals surface area contributed by atoms with E-state index < -0.39 is 0 Å². The summed E-state index contributed by atoms with van der Waals surface area (Å²) in [7, 11) is 0. The smallest absolute Gasteiger partial charge is 0.261 e. The highest BCUT2D eigenvalue weighted by Gasteiger charge is 2.51. The number of hydrogen-bond donors (Lipinski definition) is 3. The number of aromatic hydroxyl groups is 2. The second-order valence-electron chi connectivity index (χ2n) is 6.27. The van der Waals surface area contributed by atoms with Gasteiger partial charge in [-0.1, -0.05) is 6.07 Å². The van der Waals surface area contributed by atoms with E-state index in [1.807, 2.05) is 0 Å². The van der Waals surface area contributed by atoms with Crippen LogP contribution in [-0.4, -0.2) is 46.2 Å². The monoisotopic (exact) mass is 276 g/mol. The number of fused-ring (bicyclic) bond motifs is 1. The Morgan fingerprint density at radius 2 is 1.95 bits per heavy atom. The highest BCUT2D eigenvalue weighted by Crippen LogP contribution is 2.42. The van der Waals surface area contributed by atoms with Crippen molar-refractivity contribution in [1.82, 2.24) is 10.2 Å². The quantitative estimate of drug-likeness (QED) is 0.720. The molecule has 108 valence electrons. The van der Waals surface area contributed by atoms with Crippen molar-refractivity contribution in [2.24, 2.45) is 11.8 Å². The third kappa shape index (κ3) is 1.77. The van der Waals surface area contributed by atoms with Crippen molar-refractivity contribution >= 4 is 5.91 Å². The maximum Gasteiger partial charge on any atom is 0.261 e. The van der Waals surface area contributed by atoms with Crippen LogP contribution in [0.25, 0.3) is 0 Å². The number of benzene rings is 1. The molecule has 2 fully saturated rings. The number of hydrogen-bond acceptors (Lipinski definition) is 4. The van der Waals surface area contributed by atoms with Crippen molar-refractivity contribution < 1.29 is 15.0 Å². The van der Waals surface area contributed by atoms with Gasteiger partial charge in [-0.2, -0.15) is 0 Å². The Kier molecular flexibility index (Phi) is 2.90. The maximum atomic E-state index is 12.7. The predicted molar refractivity (Wildman–Crippen MR) is 74.7 cm³/mol. The van der Waals surface area contributed by atoms with Crippen molar-refractivity contribution in [3.63, 3.8) is 0 Å². The molecule has 0 aromatic heterocycles. The van der Waals surface area contributed by atoms with Crippen molar-refractivity contribution in [1.29, 1.82) is 0 Å². The first-order valence-corrected chi connectivity index (χ1v) is 6.96. The van der Waals surface area contributed by atoms with Crippen LogP contribution in [0.2, 0.25) is 0 Å². The van der Waals surface area contributed by atoms with Crippen LogP contribution in [0.3, 0.4) is 0 Å². The number of phenols is 2. The summed E-state index contributed by atoms with van der Waals surface area (Å²) in [5.74, 6) is 0.239. The summed E-state index contributed by atoms with van der Waals surface area (Å²) in [6, 6.07) is 4.38. The third-order valence-electron chi connectivity index (χ3n) is 4.84. The zero-order chi connectivity index (χ0) is 14.5. The van der Waals surface area contributed by atoms with Gasteiger partial charge in [-0.3, -0.25) is 4.79 Å². The second kappa shape index (κ2) is 4.38. The van der Waals surface area contributed by atoms with E-state index in [2.05, 4.69) is 19.2 Å². The number of amides is 1. The molecule has 0 aliphatic carbocycles. The molecule has 1 aromatic rings. The Hall–Kier alpha value is -1.75. The number of likely N-dealkylation sites (tertiary alicyclic amines) is 1. The van der Waals surface area contributed by atoms with Gasteiger partial charge in [0.1, 0.15) is 17.1 Å². The standard InChI is InChI=1S/C15H20N2O3/c1-15(2)10-7-16-6-9(10)8-17(15)14(20)13-11(18)4-3-5-12(13)19/h3-5,9-10,16,18-19H,6-8H2,1-2H3. The number of nitrogens with one attached hydrogen (secondary N) is 1. The Morgan fingerprint density at radius 3 is 2.55 bits per heavy atom. The number of phenolic OH excluding ortho intramolecular Hbond substituents is 2. The normalized spacial score (nSPS) is 27.6. The fraction of sp³-hybridized carbons (Fsp3) is 0.533. The van der Waals surface area contributed by atoms with E-state index in [0.717, 1.165) is 13.1 Å². The van der Waals surface area contributed by atoms with Crippen molar-refractivity contribution in [3.05, 3.63) is 23.8 Å². The van der Waals surface area contributed by atoms with Crippen LogP contribution in [0.5, 0.6) is 11.5 Å². The first kappa shape index (κ1) is 13.2. The van der Waals surface area contributed by atoms with E-state index in [1.165, 1.54) is 18.2 Å².